The quantitative estimate of drug-likeness (QED) is 0.780. The molecule has 1 heterocycles. The van der Waals surface area contributed by atoms with Crippen LogP contribution < -0.4 is 10.6 Å². The van der Waals surface area contributed by atoms with Crippen molar-refractivity contribution in [2.45, 2.75) is 32.7 Å². The van der Waals surface area contributed by atoms with E-state index in [0.29, 0.717) is 6.42 Å². The predicted octanol–water partition coefficient (Wildman–Crippen LogP) is 1.71. The SMILES string of the molecule is Cc1cc2c(c(C(C)(C)N)c1)N(C)C(=O)C2. The van der Waals surface area contributed by atoms with E-state index in [2.05, 4.69) is 12.1 Å². The highest BCUT2D eigenvalue weighted by Gasteiger charge is 2.31. The summed E-state index contributed by atoms with van der Waals surface area (Å²) in [7, 11) is 1.82. The van der Waals surface area contributed by atoms with E-state index < -0.39 is 5.54 Å². The van der Waals surface area contributed by atoms with Gasteiger partial charge in [0.1, 0.15) is 0 Å². The van der Waals surface area contributed by atoms with Crippen molar-refractivity contribution in [3.05, 3.63) is 28.8 Å². The lowest BCUT2D eigenvalue weighted by Crippen LogP contribution is -2.32. The Hall–Kier alpha value is -1.35. The summed E-state index contributed by atoms with van der Waals surface area (Å²) < 4.78 is 0. The molecule has 1 aliphatic heterocycles. The highest BCUT2D eigenvalue weighted by molar-refractivity contribution is 6.02. The lowest BCUT2D eigenvalue weighted by molar-refractivity contribution is -0.117. The molecule has 0 radical (unpaired) electrons. The molecule has 16 heavy (non-hydrogen) atoms. The van der Waals surface area contributed by atoms with Gasteiger partial charge >= 0.3 is 0 Å². The normalized spacial score (nSPS) is 15.6. The number of aryl methyl sites for hydroxylation is 1. The number of carbonyl (C=O) groups excluding carboxylic acids is 1. The van der Waals surface area contributed by atoms with Crippen molar-refractivity contribution in [3.8, 4) is 0 Å². The molecule has 0 saturated carbocycles. The van der Waals surface area contributed by atoms with E-state index >= 15 is 0 Å². The fourth-order valence-electron chi connectivity index (χ4n) is 2.28. The second kappa shape index (κ2) is 3.32. The van der Waals surface area contributed by atoms with E-state index in [1.54, 1.807) is 4.90 Å². The van der Waals surface area contributed by atoms with E-state index in [4.69, 9.17) is 5.73 Å². The first-order valence-electron chi connectivity index (χ1n) is 5.50. The van der Waals surface area contributed by atoms with Gasteiger partial charge in [0, 0.05) is 12.6 Å². The third-order valence-corrected chi connectivity index (χ3v) is 3.08. The minimum absolute atomic E-state index is 0.145. The van der Waals surface area contributed by atoms with Gasteiger partial charge < -0.3 is 10.6 Å². The molecule has 86 valence electrons. The third kappa shape index (κ3) is 1.61. The Bertz CT molecular complexity index is 458. The average molecular weight is 218 g/mol. The van der Waals surface area contributed by atoms with E-state index in [1.807, 2.05) is 27.8 Å². The van der Waals surface area contributed by atoms with Gasteiger partial charge in [-0.3, -0.25) is 4.79 Å². The molecule has 2 rings (SSSR count). The maximum absolute atomic E-state index is 11.7. The van der Waals surface area contributed by atoms with Crippen LogP contribution in [0.4, 0.5) is 5.69 Å². The van der Waals surface area contributed by atoms with Gasteiger partial charge in [-0.25, -0.2) is 0 Å². The number of likely N-dealkylation sites (N-methyl/N-ethyl adjacent to an activating group) is 1. The molecule has 0 saturated heterocycles. The lowest BCUT2D eigenvalue weighted by Gasteiger charge is -2.26. The molecule has 0 spiro atoms. The molecule has 0 fully saturated rings. The second-order valence-electron chi connectivity index (χ2n) is 5.17. The van der Waals surface area contributed by atoms with Gasteiger partial charge in [-0.15, -0.1) is 0 Å². The fraction of sp³-hybridized carbons (Fsp3) is 0.462. The minimum Gasteiger partial charge on any atom is -0.322 e. The fourth-order valence-corrected chi connectivity index (χ4v) is 2.28. The van der Waals surface area contributed by atoms with Crippen LogP contribution in [0, 0.1) is 6.92 Å². The zero-order valence-electron chi connectivity index (χ0n) is 10.3. The number of rotatable bonds is 1. The van der Waals surface area contributed by atoms with Crippen molar-refractivity contribution in [2.75, 3.05) is 11.9 Å². The smallest absolute Gasteiger partial charge is 0.231 e. The first-order chi connectivity index (χ1) is 7.30. The van der Waals surface area contributed by atoms with Gasteiger partial charge in [0.05, 0.1) is 12.1 Å². The maximum Gasteiger partial charge on any atom is 0.231 e. The Morgan fingerprint density at radius 3 is 2.56 bits per heavy atom. The summed E-state index contributed by atoms with van der Waals surface area (Å²) in [4.78, 5) is 13.4. The molecule has 0 atom stereocenters. The van der Waals surface area contributed by atoms with Gasteiger partial charge in [-0.05, 0) is 31.9 Å². The van der Waals surface area contributed by atoms with Crippen molar-refractivity contribution in [1.29, 1.82) is 0 Å². The Balaban J connectivity index is 2.68. The number of amides is 1. The van der Waals surface area contributed by atoms with Crippen LogP contribution in [0.2, 0.25) is 0 Å². The number of anilines is 1. The molecule has 1 aromatic rings. The van der Waals surface area contributed by atoms with Crippen LogP contribution in [0.3, 0.4) is 0 Å². The summed E-state index contributed by atoms with van der Waals surface area (Å²) in [6, 6.07) is 4.15. The van der Waals surface area contributed by atoms with Gasteiger partial charge in [0.25, 0.3) is 0 Å². The molecule has 2 N–H and O–H groups in total. The molecule has 0 unspecified atom stereocenters. The molecule has 0 bridgehead atoms. The largest absolute Gasteiger partial charge is 0.322 e. The van der Waals surface area contributed by atoms with Gasteiger partial charge in [-0.2, -0.15) is 0 Å². The van der Waals surface area contributed by atoms with E-state index in [9.17, 15) is 4.79 Å². The zero-order chi connectivity index (χ0) is 12.1. The number of benzene rings is 1. The first kappa shape index (κ1) is 11.1. The summed E-state index contributed by atoms with van der Waals surface area (Å²) in [6.07, 6.45) is 0.497. The highest BCUT2D eigenvalue weighted by Crippen LogP contribution is 2.37. The van der Waals surface area contributed by atoms with Crippen LogP contribution in [0.15, 0.2) is 12.1 Å². The third-order valence-electron chi connectivity index (χ3n) is 3.08. The van der Waals surface area contributed by atoms with Crippen molar-refractivity contribution in [2.24, 2.45) is 5.73 Å². The molecule has 1 aliphatic rings. The molecule has 1 amide bonds. The van der Waals surface area contributed by atoms with Gasteiger partial charge in [0.2, 0.25) is 5.91 Å². The predicted molar refractivity (Wildman–Crippen MR) is 65.5 cm³/mol. The Labute approximate surface area is 96.2 Å². The van der Waals surface area contributed by atoms with Crippen molar-refractivity contribution >= 4 is 11.6 Å². The molecular formula is C13H18N2O. The monoisotopic (exact) mass is 218 g/mol. The van der Waals surface area contributed by atoms with Crippen LogP contribution in [0.25, 0.3) is 0 Å². The Morgan fingerprint density at radius 1 is 1.38 bits per heavy atom. The highest BCUT2D eigenvalue weighted by atomic mass is 16.2. The standard InChI is InChI=1S/C13H18N2O/c1-8-5-9-7-11(16)15(4)12(9)10(6-8)13(2,3)14/h5-6H,7,14H2,1-4H3. The number of nitrogens with two attached hydrogens (primary N) is 1. The number of fused-ring (bicyclic) bond motifs is 1. The van der Waals surface area contributed by atoms with Crippen molar-refractivity contribution in [3.63, 3.8) is 0 Å². The van der Waals surface area contributed by atoms with Crippen LogP contribution in [-0.2, 0) is 16.8 Å². The summed E-state index contributed by atoms with van der Waals surface area (Å²) in [5.74, 6) is 0.145. The zero-order valence-corrected chi connectivity index (χ0v) is 10.3. The number of hydrogen-bond donors (Lipinski definition) is 1. The van der Waals surface area contributed by atoms with Crippen LogP contribution in [-0.4, -0.2) is 13.0 Å². The summed E-state index contributed by atoms with van der Waals surface area (Å²) >= 11 is 0. The number of carbonyl (C=O) groups is 1. The average Bonchev–Trinajstić information content (AvgIpc) is 2.39. The molecule has 0 aliphatic carbocycles. The topological polar surface area (TPSA) is 46.3 Å². The van der Waals surface area contributed by atoms with Crippen molar-refractivity contribution < 1.29 is 4.79 Å². The Kier molecular flexibility index (Phi) is 2.31. The van der Waals surface area contributed by atoms with E-state index in [0.717, 1.165) is 22.4 Å². The summed E-state index contributed by atoms with van der Waals surface area (Å²) in [5.41, 5.74) is 10.1. The van der Waals surface area contributed by atoms with Crippen LogP contribution in [0.1, 0.15) is 30.5 Å². The van der Waals surface area contributed by atoms with Crippen molar-refractivity contribution in [1.82, 2.24) is 0 Å². The van der Waals surface area contributed by atoms with E-state index in [1.165, 1.54) is 0 Å². The molecule has 3 heteroatoms. The van der Waals surface area contributed by atoms with E-state index in [-0.39, 0.29) is 5.91 Å². The Morgan fingerprint density at radius 2 is 2.00 bits per heavy atom. The van der Waals surface area contributed by atoms with Crippen LogP contribution >= 0.6 is 0 Å². The van der Waals surface area contributed by atoms with Crippen LogP contribution in [0.5, 0.6) is 0 Å². The van der Waals surface area contributed by atoms with Gasteiger partial charge in [0.15, 0.2) is 0 Å². The first-order valence-corrected chi connectivity index (χ1v) is 5.50. The summed E-state index contributed by atoms with van der Waals surface area (Å²) in [5, 5.41) is 0. The molecule has 3 nitrogen and oxygen atoms in total. The minimum atomic E-state index is -0.422. The maximum atomic E-state index is 11.7. The molecule has 0 aromatic heterocycles. The van der Waals surface area contributed by atoms with Gasteiger partial charge in [-0.1, -0.05) is 17.7 Å². The lowest BCUT2D eigenvalue weighted by atomic mass is 9.90. The number of hydrogen-bond acceptors (Lipinski definition) is 2. The molecule has 1 aromatic carbocycles. The summed E-state index contributed by atoms with van der Waals surface area (Å²) in [6.45, 7) is 5.98. The number of nitrogens with zero attached hydrogens (tertiary/aromatic N) is 1. The molecular weight excluding hydrogens is 200 g/mol. The second-order valence-corrected chi connectivity index (χ2v) is 5.17.